The molecule has 0 heterocycles. The number of carboxylic acid groups (broad SMARTS) is 1. The molecule has 3 unspecified atom stereocenters. The van der Waals surface area contributed by atoms with Crippen molar-refractivity contribution in [3.05, 3.63) is 29.8 Å². The maximum atomic E-state index is 12.9. The van der Waals surface area contributed by atoms with Crippen LogP contribution in [0.1, 0.15) is 43.0 Å². The minimum atomic E-state index is -4.24. The lowest BCUT2D eigenvalue weighted by Gasteiger charge is -2.31. The topological polar surface area (TPSA) is 66.4 Å². The van der Waals surface area contributed by atoms with Crippen LogP contribution in [0.3, 0.4) is 0 Å². The van der Waals surface area contributed by atoms with Gasteiger partial charge in [0.1, 0.15) is 5.25 Å². The van der Waals surface area contributed by atoms with Gasteiger partial charge in [-0.05, 0) is 38.3 Å². The van der Waals surface area contributed by atoms with Crippen molar-refractivity contribution in [3.63, 3.8) is 0 Å². The number of rotatable bonds is 5. The van der Waals surface area contributed by atoms with E-state index in [0.29, 0.717) is 17.7 Å². The van der Waals surface area contributed by atoms with Gasteiger partial charge < -0.3 is 10.4 Å². The molecule has 0 bridgehead atoms. The average Bonchev–Trinajstić information content (AvgIpc) is 2.54. The first-order valence-electron chi connectivity index (χ1n) is 8.04. The molecule has 0 aromatic heterocycles. The Morgan fingerprint density at radius 2 is 1.96 bits per heavy atom. The van der Waals surface area contributed by atoms with Crippen molar-refractivity contribution in [1.82, 2.24) is 5.32 Å². The highest BCUT2D eigenvalue weighted by molar-refractivity contribution is 8.00. The molecule has 2 N–H and O–H groups in total. The van der Waals surface area contributed by atoms with Gasteiger partial charge in [0, 0.05) is 10.9 Å². The first kappa shape index (κ1) is 19.6. The van der Waals surface area contributed by atoms with Crippen LogP contribution in [0.2, 0.25) is 0 Å². The first-order valence-corrected chi connectivity index (χ1v) is 8.92. The Morgan fingerprint density at radius 1 is 1.28 bits per heavy atom. The summed E-state index contributed by atoms with van der Waals surface area (Å²) in [6.07, 6.45) is -3.33. The van der Waals surface area contributed by atoms with Gasteiger partial charge in [-0.3, -0.25) is 9.59 Å². The molecule has 1 amide bonds. The van der Waals surface area contributed by atoms with Crippen LogP contribution in [0.4, 0.5) is 13.2 Å². The van der Waals surface area contributed by atoms with Gasteiger partial charge >= 0.3 is 12.1 Å². The van der Waals surface area contributed by atoms with E-state index in [2.05, 4.69) is 5.32 Å². The number of amides is 1. The second kappa shape index (κ2) is 8.12. The summed E-state index contributed by atoms with van der Waals surface area (Å²) < 4.78 is 38.7. The van der Waals surface area contributed by atoms with Crippen LogP contribution in [0.5, 0.6) is 0 Å². The molecular formula is C17H20F3NO3S. The molecular weight excluding hydrogens is 355 g/mol. The Morgan fingerprint density at radius 3 is 2.60 bits per heavy atom. The number of benzene rings is 1. The molecule has 4 nitrogen and oxygen atoms in total. The van der Waals surface area contributed by atoms with E-state index in [4.69, 9.17) is 5.11 Å². The molecule has 1 aromatic rings. The summed E-state index contributed by atoms with van der Waals surface area (Å²) >= 11 is 1.03. The van der Waals surface area contributed by atoms with Gasteiger partial charge in [0.15, 0.2) is 0 Å². The van der Waals surface area contributed by atoms with Crippen LogP contribution in [0, 0.1) is 5.92 Å². The largest absolute Gasteiger partial charge is 0.480 e. The van der Waals surface area contributed by atoms with Gasteiger partial charge in [-0.2, -0.15) is 13.2 Å². The van der Waals surface area contributed by atoms with Gasteiger partial charge in [0.05, 0.1) is 11.5 Å². The number of aliphatic carboxylic acids is 1. The Hall–Kier alpha value is -1.70. The molecule has 25 heavy (non-hydrogen) atoms. The van der Waals surface area contributed by atoms with E-state index in [1.165, 1.54) is 6.92 Å². The summed E-state index contributed by atoms with van der Waals surface area (Å²) in [6.45, 7) is 1.51. The molecule has 1 aliphatic rings. The molecule has 2 rings (SSSR count). The highest BCUT2D eigenvalue weighted by Crippen LogP contribution is 2.37. The smallest absolute Gasteiger partial charge is 0.391 e. The van der Waals surface area contributed by atoms with Crippen molar-refractivity contribution in [3.8, 4) is 0 Å². The van der Waals surface area contributed by atoms with Gasteiger partial charge in [-0.15, -0.1) is 11.8 Å². The Balaban J connectivity index is 2.07. The van der Waals surface area contributed by atoms with E-state index >= 15 is 0 Å². The fourth-order valence-electron chi connectivity index (χ4n) is 2.88. The van der Waals surface area contributed by atoms with Crippen LogP contribution in [-0.4, -0.2) is 34.5 Å². The number of carbonyl (C=O) groups excluding carboxylic acids is 1. The zero-order valence-corrected chi connectivity index (χ0v) is 14.5. The first-order chi connectivity index (χ1) is 11.7. The molecule has 0 saturated heterocycles. The Labute approximate surface area is 148 Å². The van der Waals surface area contributed by atoms with Gasteiger partial charge in [0.25, 0.3) is 5.91 Å². The van der Waals surface area contributed by atoms with Crippen LogP contribution in [0.15, 0.2) is 29.2 Å². The molecule has 0 radical (unpaired) electrons. The zero-order valence-electron chi connectivity index (χ0n) is 13.7. The van der Waals surface area contributed by atoms with E-state index in [1.54, 1.807) is 24.3 Å². The van der Waals surface area contributed by atoms with Crippen molar-refractivity contribution >= 4 is 23.6 Å². The average molecular weight is 375 g/mol. The van der Waals surface area contributed by atoms with Crippen LogP contribution < -0.4 is 5.32 Å². The number of alkyl halides is 3. The molecule has 1 saturated carbocycles. The standard InChI is InChI=1S/C17H20F3NO3S/c1-10(16(23)24)25-14-8-3-2-7-13(14)15(22)21-12-6-4-5-11(9-12)17(18,19)20/h2-3,7-8,10-12H,4-6,9H2,1H3,(H,21,22)(H,23,24). The molecule has 8 heteroatoms. The molecule has 0 spiro atoms. The van der Waals surface area contributed by atoms with E-state index in [1.807, 2.05) is 0 Å². The monoisotopic (exact) mass is 375 g/mol. The Kier molecular flexibility index (Phi) is 6.37. The molecule has 1 aliphatic carbocycles. The predicted molar refractivity (Wildman–Crippen MR) is 88.7 cm³/mol. The fraction of sp³-hybridized carbons (Fsp3) is 0.529. The van der Waals surface area contributed by atoms with E-state index in [0.717, 1.165) is 11.8 Å². The lowest BCUT2D eigenvalue weighted by molar-refractivity contribution is -0.183. The number of hydrogen-bond donors (Lipinski definition) is 2. The molecule has 1 aromatic carbocycles. The molecule has 0 aliphatic heterocycles. The second-order valence-electron chi connectivity index (χ2n) is 6.17. The summed E-state index contributed by atoms with van der Waals surface area (Å²) in [5.41, 5.74) is 0.287. The SMILES string of the molecule is CC(Sc1ccccc1C(=O)NC1CCCC(C(F)(F)F)C1)C(=O)O. The fourth-order valence-corrected chi connectivity index (χ4v) is 3.81. The van der Waals surface area contributed by atoms with Crippen molar-refractivity contribution in [2.75, 3.05) is 0 Å². The highest BCUT2D eigenvalue weighted by Gasteiger charge is 2.42. The third-order valence-electron chi connectivity index (χ3n) is 4.26. The van der Waals surface area contributed by atoms with Crippen molar-refractivity contribution < 1.29 is 27.9 Å². The number of halogens is 3. The number of thioether (sulfide) groups is 1. The lowest BCUT2D eigenvalue weighted by atomic mass is 9.85. The minimum absolute atomic E-state index is 0.0957. The second-order valence-corrected chi connectivity index (χ2v) is 7.55. The summed E-state index contributed by atoms with van der Waals surface area (Å²) in [5.74, 6) is -2.85. The quantitative estimate of drug-likeness (QED) is 0.761. The van der Waals surface area contributed by atoms with E-state index in [9.17, 15) is 22.8 Å². The van der Waals surface area contributed by atoms with Gasteiger partial charge in [0.2, 0.25) is 0 Å². The highest BCUT2D eigenvalue weighted by atomic mass is 32.2. The van der Waals surface area contributed by atoms with Crippen LogP contribution in [0.25, 0.3) is 0 Å². The number of carboxylic acids is 1. The van der Waals surface area contributed by atoms with Crippen molar-refractivity contribution in [2.45, 2.75) is 55.0 Å². The number of hydrogen-bond acceptors (Lipinski definition) is 3. The van der Waals surface area contributed by atoms with Crippen molar-refractivity contribution in [2.24, 2.45) is 5.92 Å². The van der Waals surface area contributed by atoms with Gasteiger partial charge in [-0.1, -0.05) is 18.6 Å². The normalized spacial score (nSPS) is 22.2. The third kappa shape index (κ3) is 5.39. The maximum absolute atomic E-state index is 12.9. The summed E-state index contributed by atoms with van der Waals surface area (Å²) in [6, 6.07) is 6.00. The minimum Gasteiger partial charge on any atom is -0.480 e. The third-order valence-corrected chi connectivity index (χ3v) is 5.42. The molecule has 1 fully saturated rings. The van der Waals surface area contributed by atoms with Crippen molar-refractivity contribution in [1.29, 1.82) is 0 Å². The molecule has 3 atom stereocenters. The summed E-state index contributed by atoms with van der Waals surface area (Å²) in [5, 5.41) is 11.0. The van der Waals surface area contributed by atoms with Crippen LogP contribution in [-0.2, 0) is 4.79 Å². The Bertz CT molecular complexity index is 636. The van der Waals surface area contributed by atoms with E-state index in [-0.39, 0.29) is 18.4 Å². The zero-order chi connectivity index (χ0) is 18.6. The number of carbonyl (C=O) groups is 2. The van der Waals surface area contributed by atoms with E-state index < -0.39 is 35.3 Å². The lowest BCUT2D eigenvalue weighted by Crippen LogP contribution is -2.41. The predicted octanol–water partition coefficient (Wildman–Crippen LogP) is 4.10. The molecule has 138 valence electrons. The van der Waals surface area contributed by atoms with Crippen LogP contribution >= 0.6 is 11.8 Å². The maximum Gasteiger partial charge on any atom is 0.391 e. The number of nitrogens with one attached hydrogen (secondary N) is 1. The summed E-state index contributed by atoms with van der Waals surface area (Å²) in [7, 11) is 0. The summed E-state index contributed by atoms with van der Waals surface area (Å²) in [4.78, 5) is 24.0. The van der Waals surface area contributed by atoms with Gasteiger partial charge in [-0.25, -0.2) is 0 Å².